The monoisotopic (exact) mass is 530 g/mol. The highest BCUT2D eigenvalue weighted by Crippen LogP contribution is 2.28. The number of rotatable bonds is 17. The first-order chi connectivity index (χ1) is 17.9. The molecule has 37 heavy (non-hydrogen) atoms. The van der Waals surface area contributed by atoms with E-state index in [0.717, 1.165) is 49.0 Å². The van der Waals surface area contributed by atoms with E-state index in [1.54, 1.807) is 25.6 Å². The Morgan fingerprint density at radius 3 is 2.24 bits per heavy atom. The molecule has 0 radical (unpaired) electrons. The number of nitrogens with zero attached hydrogens (tertiary/aromatic N) is 2. The van der Waals surface area contributed by atoms with Gasteiger partial charge in [-0.1, -0.05) is 46.1 Å². The summed E-state index contributed by atoms with van der Waals surface area (Å²) in [6.45, 7) is 10.3. The average molecular weight is 531 g/mol. The molecule has 0 bridgehead atoms. The standard InChI is InChI=1S/C30H46N2O4S/c1-7-10-12-25(9-3)30(34)32(18-11-8-2)22-29(33)31(21-26-15-13-23(4)37-26)19-17-24-14-16-27(35-5)28(20-24)36-6/h13-16,20,25H,7-12,17-19,21-22H2,1-6H3. The number of hydrogen-bond donors (Lipinski definition) is 0. The Kier molecular flexibility index (Phi) is 13.5. The van der Waals surface area contributed by atoms with Gasteiger partial charge in [0.2, 0.25) is 11.8 Å². The lowest BCUT2D eigenvalue weighted by Crippen LogP contribution is -2.45. The van der Waals surface area contributed by atoms with Crippen molar-refractivity contribution < 1.29 is 19.1 Å². The normalized spacial score (nSPS) is 11.7. The Balaban J connectivity index is 2.21. The second-order valence-electron chi connectivity index (χ2n) is 9.63. The number of hydrogen-bond acceptors (Lipinski definition) is 5. The number of carbonyl (C=O) groups excluding carboxylic acids is 2. The van der Waals surface area contributed by atoms with Gasteiger partial charge in [0.25, 0.3) is 0 Å². The van der Waals surface area contributed by atoms with Gasteiger partial charge >= 0.3 is 0 Å². The number of amides is 2. The van der Waals surface area contributed by atoms with Crippen LogP contribution in [0.1, 0.15) is 74.6 Å². The number of methoxy groups -OCH3 is 2. The van der Waals surface area contributed by atoms with Gasteiger partial charge in [-0.15, -0.1) is 11.3 Å². The molecule has 0 aliphatic carbocycles. The van der Waals surface area contributed by atoms with Crippen LogP contribution < -0.4 is 9.47 Å². The van der Waals surface area contributed by atoms with Crippen molar-refractivity contribution in [3.05, 3.63) is 45.6 Å². The molecule has 0 fully saturated rings. The van der Waals surface area contributed by atoms with Gasteiger partial charge in [0.15, 0.2) is 11.5 Å². The van der Waals surface area contributed by atoms with E-state index in [2.05, 4.69) is 39.8 Å². The molecule has 0 N–H and O–H groups in total. The number of aryl methyl sites for hydroxylation is 1. The van der Waals surface area contributed by atoms with Crippen LogP contribution in [0.2, 0.25) is 0 Å². The topological polar surface area (TPSA) is 59.1 Å². The summed E-state index contributed by atoms with van der Waals surface area (Å²) >= 11 is 1.71. The number of ether oxygens (including phenoxy) is 2. The van der Waals surface area contributed by atoms with Crippen molar-refractivity contribution in [1.82, 2.24) is 9.80 Å². The second-order valence-corrected chi connectivity index (χ2v) is 11.0. The molecule has 0 aliphatic heterocycles. The highest BCUT2D eigenvalue weighted by atomic mass is 32.1. The zero-order valence-corrected chi connectivity index (χ0v) is 24.5. The quantitative estimate of drug-likeness (QED) is 0.235. The zero-order valence-electron chi connectivity index (χ0n) is 23.7. The summed E-state index contributed by atoms with van der Waals surface area (Å²) < 4.78 is 10.8. The molecule has 2 amide bonds. The van der Waals surface area contributed by atoms with Crippen LogP contribution in [-0.4, -0.2) is 55.5 Å². The molecule has 7 heteroatoms. The molecule has 0 aliphatic rings. The van der Waals surface area contributed by atoms with Crippen LogP contribution in [0.25, 0.3) is 0 Å². The lowest BCUT2D eigenvalue weighted by Gasteiger charge is -2.30. The fourth-order valence-corrected chi connectivity index (χ4v) is 5.35. The van der Waals surface area contributed by atoms with Crippen molar-refractivity contribution in [3.63, 3.8) is 0 Å². The molecule has 2 rings (SSSR count). The van der Waals surface area contributed by atoms with Gasteiger partial charge in [-0.3, -0.25) is 9.59 Å². The van der Waals surface area contributed by atoms with Crippen LogP contribution in [0.5, 0.6) is 11.5 Å². The number of carbonyl (C=O) groups is 2. The predicted octanol–water partition coefficient (Wildman–Crippen LogP) is 6.49. The average Bonchev–Trinajstić information content (AvgIpc) is 3.33. The Hall–Kier alpha value is -2.54. The molecule has 1 aromatic carbocycles. The van der Waals surface area contributed by atoms with Gasteiger partial charge in [0, 0.05) is 28.8 Å². The van der Waals surface area contributed by atoms with Crippen molar-refractivity contribution in [1.29, 1.82) is 0 Å². The van der Waals surface area contributed by atoms with Crippen molar-refractivity contribution in [3.8, 4) is 11.5 Å². The molecule has 1 aromatic heterocycles. The zero-order chi connectivity index (χ0) is 27.2. The first-order valence-electron chi connectivity index (χ1n) is 13.7. The van der Waals surface area contributed by atoms with Crippen molar-refractivity contribution in [2.75, 3.05) is 33.9 Å². The minimum Gasteiger partial charge on any atom is -0.493 e. The van der Waals surface area contributed by atoms with Crippen molar-refractivity contribution in [2.45, 2.75) is 79.2 Å². The largest absolute Gasteiger partial charge is 0.493 e. The first kappa shape index (κ1) is 30.7. The Morgan fingerprint density at radius 2 is 1.65 bits per heavy atom. The van der Waals surface area contributed by atoms with Gasteiger partial charge in [-0.25, -0.2) is 0 Å². The Bertz CT molecular complexity index is 974. The van der Waals surface area contributed by atoms with E-state index < -0.39 is 0 Å². The van der Waals surface area contributed by atoms with E-state index in [1.165, 1.54) is 4.88 Å². The summed E-state index contributed by atoms with van der Waals surface area (Å²) in [5, 5.41) is 0. The van der Waals surface area contributed by atoms with Crippen molar-refractivity contribution >= 4 is 23.2 Å². The Morgan fingerprint density at radius 1 is 0.919 bits per heavy atom. The van der Waals surface area contributed by atoms with Crippen LogP contribution in [0.15, 0.2) is 30.3 Å². The predicted molar refractivity (Wildman–Crippen MR) is 153 cm³/mol. The fourth-order valence-electron chi connectivity index (χ4n) is 4.44. The summed E-state index contributed by atoms with van der Waals surface area (Å²) in [5.41, 5.74) is 1.07. The van der Waals surface area contributed by atoms with Crippen LogP contribution in [0, 0.1) is 12.8 Å². The molecule has 1 unspecified atom stereocenters. The SMILES string of the molecule is CCCCC(CC)C(=O)N(CCCC)CC(=O)N(CCc1ccc(OC)c(OC)c1)Cc1ccc(C)s1. The minimum atomic E-state index is -0.00948. The molecule has 1 atom stereocenters. The summed E-state index contributed by atoms with van der Waals surface area (Å²) in [6, 6.07) is 10.1. The van der Waals surface area contributed by atoms with Gasteiger partial charge in [-0.2, -0.15) is 0 Å². The van der Waals surface area contributed by atoms with Crippen molar-refractivity contribution in [2.24, 2.45) is 5.92 Å². The number of benzene rings is 1. The molecule has 6 nitrogen and oxygen atoms in total. The highest BCUT2D eigenvalue weighted by molar-refractivity contribution is 7.11. The van der Waals surface area contributed by atoms with Gasteiger partial charge < -0.3 is 19.3 Å². The lowest BCUT2D eigenvalue weighted by molar-refractivity contribution is -0.143. The molecule has 2 aromatic rings. The maximum absolute atomic E-state index is 13.7. The molecular weight excluding hydrogens is 484 g/mol. The maximum Gasteiger partial charge on any atom is 0.242 e. The molecule has 0 saturated heterocycles. The number of unbranched alkanes of at least 4 members (excludes halogenated alkanes) is 2. The van der Waals surface area contributed by atoms with Gasteiger partial charge in [0.1, 0.15) is 0 Å². The molecule has 0 spiro atoms. The summed E-state index contributed by atoms with van der Waals surface area (Å²) in [5.74, 6) is 1.49. The molecule has 206 valence electrons. The molecular formula is C30H46N2O4S. The van der Waals surface area contributed by atoms with E-state index in [4.69, 9.17) is 9.47 Å². The smallest absolute Gasteiger partial charge is 0.242 e. The van der Waals surface area contributed by atoms with Gasteiger partial charge in [-0.05, 0) is 62.4 Å². The van der Waals surface area contributed by atoms with E-state index in [0.29, 0.717) is 37.6 Å². The second kappa shape index (κ2) is 16.3. The van der Waals surface area contributed by atoms with E-state index in [1.807, 2.05) is 28.0 Å². The lowest BCUT2D eigenvalue weighted by atomic mass is 9.97. The summed E-state index contributed by atoms with van der Waals surface area (Å²) in [7, 11) is 3.25. The Labute approximate surface area is 227 Å². The summed E-state index contributed by atoms with van der Waals surface area (Å²) in [6.07, 6.45) is 6.39. The third kappa shape index (κ3) is 9.69. The third-order valence-electron chi connectivity index (χ3n) is 6.78. The van der Waals surface area contributed by atoms with E-state index in [-0.39, 0.29) is 24.3 Å². The minimum absolute atomic E-state index is 0.00123. The first-order valence-corrected chi connectivity index (χ1v) is 14.5. The molecule has 0 saturated carbocycles. The maximum atomic E-state index is 13.7. The van der Waals surface area contributed by atoms with E-state index >= 15 is 0 Å². The fraction of sp³-hybridized carbons (Fsp3) is 0.600. The molecule has 1 heterocycles. The van der Waals surface area contributed by atoms with Crippen LogP contribution in [0.3, 0.4) is 0 Å². The third-order valence-corrected chi connectivity index (χ3v) is 7.77. The summed E-state index contributed by atoms with van der Waals surface area (Å²) in [4.78, 5) is 33.2. The number of thiophene rings is 1. The van der Waals surface area contributed by atoms with Crippen LogP contribution >= 0.6 is 11.3 Å². The van der Waals surface area contributed by atoms with Crippen LogP contribution in [0.4, 0.5) is 0 Å². The van der Waals surface area contributed by atoms with Gasteiger partial charge in [0.05, 0.1) is 27.3 Å². The highest BCUT2D eigenvalue weighted by Gasteiger charge is 2.26. The van der Waals surface area contributed by atoms with Crippen LogP contribution in [-0.2, 0) is 22.6 Å². The van der Waals surface area contributed by atoms with E-state index in [9.17, 15) is 9.59 Å².